The molecule has 2 rings (SSSR count). The molecule has 0 aliphatic heterocycles. The summed E-state index contributed by atoms with van der Waals surface area (Å²) in [6.45, 7) is 3.90. The van der Waals surface area contributed by atoms with E-state index in [1.807, 2.05) is 13.0 Å². The van der Waals surface area contributed by atoms with Crippen LogP contribution >= 0.6 is 0 Å². The molecule has 1 aromatic heterocycles. The molecular formula is C15H18FN3. The summed E-state index contributed by atoms with van der Waals surface area (Å²) in [5.41, 5.74) is 8.45. The molecule has 2 N–H and O–H groups in total. The summed E-state index contributed by atoms with van der Waals surface area (Å²) in [7, 11) is 0. The van der Waals surface area contributed by atoms with Crippen molar-refractivity contribution in [2.75, 3.05) is 0 Å². The Bertz CT molecular complexity index is 532. The van der Waals surface area contributed by atoms with Crippen LogP contribution in [0.25, 0.3) is 11.4 Å². The Balaban J connectivity index is 2.22. The summed E-state index contributed by atoms with van der Waals surface area (Å²) in [5.74, 6) is 0.270. The van der Waals surface area contributed by atoms with Gasteiger partial charge in [-0.05, 0) is 49.1 Å². The van der Waals surface area contributed by atoms with E-state index in [0.29, 0.717) is 11.4 Å². The van der Waals surface area contributed by atoms with E-state index in [0.717, 1.165) is 24.0 Å². The third-order valence-electron chi connectivity index (χ3n) is 3.03. The predicted molar refractivity (Wildman–Crippen MR) is 74.1 cm³/mol. The standard InChI is InChI=1S/C15H18FN3/c1-3-14(17)6-11-8-18-15(19-9-11)12-4-10(2)5-13(16)7-12/h4-5,7-9,14H,3,6,17H2,1-2H3. The summed E-state index contributed by atoms with van der Waals surface area (Å²) in [5, 5.41) is 0. The van der Waals surface area contributed by atoms with E-state index in [9.17, 15) is 4.39 Å². The quantitative estimate of drug-likeness (QED) is 0.918. The molecule has 3 nitrogen and oxygen atoms in total. The molecular weight excluding hydrogens is 241 g/mol. The van der Waals surface area contributed by atoms with Gasteiger partial charge in [0, 0.05) is 24.0 Å². The first-order valence-electron chi connectivity index (χ1n) is 6.42. The lowest BCUT2D eigenvalue weighted by Gasteiger charge is -2.08. The molecule has 0 aliphatic carbocycles. The number of aryl methyl sites for hydroxylation is 1. The van der Waals surface area contributed by atoms with Gasteiger partial charge >= 0.3 is 0 Å². The third-order valence-corrected chi connectivity index (χ3v) is 3.03. The average Bonchev–Trinajstić information content (AvgIpc) is 2.38. The van der Waals surface area contributed by atoms with Crippen molar-refractivity contribution < 1.29 is 4.39 Å². The SMILES string of the molecule is CCC(N)Cc1cnc(-c2cc(C)cc(F)c2)nc1. The number of rotatable bonds is 4. The van der Waals surface area contributed by atoms with E-state index >= 15 is 0 Å². The zero-order valence-electron chi connectivity index (χ0n) is 11.2. The van der Waals surface area contributed by atoms with Crippen LogP contribution in [0.4, 0.5) is 4.39 Å². The van der Waals surface area contributed by atoms with Crippen molar-refractivity contribution >= 4 is 0 Å². The van der Waals surface area contributed by atoms with Crippen LogP contribution in [0.2, 0.25) is 0 Å². The predicted octanol–water partition coefficient (Wildman–Crippen LogP) is 2.87. The number of hydrogen-bond donors (Lipinski definition) is 1. The lowest BCUT2D eigenvalue weighted by molar-refractivity contribution is 0.627. The molecule has 0 fully saturated rings. The molecule has 4 heteroatoms. The third kappa shape index (κ3) is 3.58. The second kappa shape index (κ2) is 5.89. The minimum absolute atomic E-state index is 0.130. The fraction of sp³-hybridized carbons (Fsp3) is 0.333. The molecule has 2 aromatic rings. The average molecular weight is 259 g/mol. The number of nitrogens with two attached hydrogens (primary N) is 1. The Hall–Kier alpha value is -1.81. The summed E-state index contributed by atoms with van der Waals surface area (Å²) in [6, 6.07) is 4.93. The maximum Gasteiger partial charge on any atom is 0.159 e. The summed E-state index contributed by atoms with van der Waals surface area (Å²) >= 11 is 0. The maximum absolute atomic E-state index is 13.3. The Morgan fingerprint density at radius 2 is 1.89 bits per heavy atom. The van der Waals surface area contributed by atoms with Crippen LogP contribution in [0, 0.1) is 12.7 Å². The zero-order valence-corrected chi connectivity index (χ0v) is 11.2. The van der Waals surface area contributed by atoms with Gasteiger partial charge < -0.3 is 5.73 Å². The topological polar surface area (TPSA) is 51.8 Å². The van der Waals surface area contributed by atoms with Crippen molar-refractivity contribution in [2.45, 2.75) is 32.7 Å². The van der Waals surface area contributed by atoms with Gasteiger partial charge in [0.1, 0.15) is 5.82 Å². The Labute approximate surface area is 112 Å². The monoisotopic (exact) mass is 259 g/mol. The highest BCUT2D eigenvalue weighted by molar-refractivity contribution is 5.55. The van der Waals surface area contributed by atoms with Crippen LogP contribution in [-0.2, 0) is 6.42 Å². The van der Waals surface area contributed by atoms with Gasteiger partial charge in [-0.15, -0.1) is 0 Å². The lowest BCUT2D eigenvalue weighted by atomic mass is 10.1. The number of benzene rings is 1. The largest absolute Gasteiger partial charge is 0.327 e. The summed E-state index contributed by atoms with van der Waals surface area (Å²) in [6.07, 6.45) is 5.21. The fourth-order valence-corrected chi connectivity index (χ4v) is 1.92. The van der Waals surface area contributed by atoms with Gasteiger partial charge in [-0.25, -0.2) is 14.4 Å². The Kier molecular flexibility index (Phi) is 4.22. The molecule has 0 radical (unpaired) electrons. The van der Waals surface area contributed by atoms with Gasteiger partial charge in [0.2, 0.25) is 0 Å². The van der Waals surface area contributed by atoms with Crippen molar-refractivity contribution in [1.29, 1.82) is 0 Å². The molecule has 0 saturated carbocycles. The summed E-state index contributed by atoms with van der Waals surface area (Å²) in [4.78, 5) is 8.57. The molecule has 0 bridgehead atoms. The highest BCUT2D eigenvalue weighted by Crippen LogP contribution is 2.18. The van der Waals surface area contributed by atoms with E-state index in [2.05, 4.69) is 16.9 Å². The molecule has 100 valence electrons. The van der Waals surface area contributed by atoms with Crippen molar-refractivity contribution in [3.05, 3.63) is 47.5 Å². The molecule has 0 spiro atoms. The minimum atomic E-state index is -0.268. The van der Waals surface area contributed by atoms with Gasteiger partial charge in [-0.1, -0.05) is 6.92 Å². The second-order valence-corrected chi connectivity index (χ2v) is 4.80. The highest BCUT2D eigenvalue weighted by Gasteiger charge is 2.06. The first-order chi connectivity index (χ1) is 9.08. The van der Waals surface area contributed by atoms with E-state index in [-0.39, 0.29) is 11.9 Å². The van der Waals surface area contributed by atoms with Crippen LogP contribution < -0.4 is 5.73 Å². The number of hydrogen-bond acceptors (Lipinski definition) is 3. The molecule has 0 saturated heterocycles. The molecule has 1 atom stereocenters. The van der Waals surface area contributed by atoms with Crippen LogP contribution in [0.5, 0.6) is 0 Å². The van der Waals surface area contributed by atoms with Crippen molar-refractivity contribution in [2.24, 2.45) is 5.73 Å². The summed E-state index contributed by atoms with van der Waals surface area (Å²) < 4.78 is 13.3. The van der Waals surface area contributed by atoms with Crippen molar-refractivity contribution in [1.82, 2.24) is 9.97 Å². The van der Waals surface area contributed by atoms with Crippen LogP contribution in [0.1, 0.15) is 24.5 Å². The van der Waals surface area contributed by atoms with Crippen LogP contribution in [-0.4, -0.2) is 16.0 Å². The van der Waals surface area contributed by atoms with Gasteiger partial charge in [0.25, 0.3) is 0 Å². The molecule has 1 heterocycles. The first-order valence-corrected chi connectivity index (χ1v) is 6.42. The Morgan fingerprint density at radius 3 is 2.47 bits per heavy atom. The maximum atomic E-state index is 13.3. The minimum Gasteiger partial charge on any atom is -0.327 e. The van der Waals surface area contributed by atoms with E-state index in [1.54, 1.807) is 12.4 Å². The van der Waals surface area contributed by atoms with E-state index < -0.39 is 0 Å². The van der Waals surface area contributed by atoms with Gasteiger partial charge in [-0.3, -0.25) is 0 Å². The number of nitrogens with zero attached hydrogens (tertiary/aromatic N) is 2. The highest BCUT2D eigenvalue weighted by atomic mass is 19.1. The molecule has 0 aliphatic rings. The van der Waals surface area contributed by atoms with Gasteiger partial charge in [-0.2, -0.15) is 0 Å². The Morgan fingerprint density at radius 1 is 1.21 bits per heavy atom. The molecule has 1 unspecified atom stereocenters. The van der Waals surface area contributed by atoms with Crippen molar-refractivity contribution in [3.63, 3.8) is 0 Å². The number of halogens is 1. The van der Waals surface area contributed by atoms with Gasteiger partial charge in [0.05, 0.1) is 0 Å². The lowest BCUT2D eigenvalue weighted by Crippen LogP contribution is -2.21. The fourth-order valence-electron chi connectivity index (χ4n) is 1.92. The van der Waals surface area contributed by atoms with Crippen molar-refractivity contribution in [3.8, 4) is 11.4 Å². The molecule has 0 amide bonds. The number of aromatic nitrogens is 2. The normalized spacial score (nSPS) is 12.4. The zero-order chi connectivity index (χ0) is 13.8. The van der Waals surface area contributed by atoms with E-state index in [4.69, 9.17) is 5.73 Å². The van der Waals surface area contributed by atoms with E-state index in [1.165, 1.54) is 12.1 Å². The molecule has 1 aromatic carbocycles. The molecule has 19 heavy (non-hydrogen) atoms. The second-order valence-electron chi connectivity index (χ2n) is 4.80. The van der Waals surface area contributed by atoms with Crippen LogP contribution in [0.3, 0.4) is 0 Å². The van der Waals surface area contributed by atoms with Gasteiger partial charge in [0.15, 0.2) is 5.82 Å². The smallest absolute Gasteiger partial charge is 0.159 e. The first kappa shape index (κ1) is 13.6. The van der Waals surface area contributed by atoms with Crippen LogP contribution in [0.15, 0.2) is 30.6 Å².